The van der Waals surface area contributed by atoms with E-state index in [1.54, 1.807) is 6.33 Å². The van der Waals surface area contributed by atoms with Crippen LogP contribution in [0.5, 0.6) is 0 Å². The van der Waals surface area contributed by atoms with E-state index in [0.717, 1.165) is 49.4 Å². The van der Waals surface area contributed by atoms with Gasteiger partial charge in [-0.1, -0.05) is 19.3 Å². The Labute approximate surface area is 114 Å². The van der Waals surface area contributed by atoms with Crippen LogP contribution in [0.3, 0.4) is 0 Å². The Morgan fingerprint density at radius 2 is 1.89 bits per heavy atom. The zero-order chi connectivity index (χ0) is 13.7. The number of hydrogen-bond donors (Lipinski definition) is 3. The number of aliphatic hydroxyl groups excluding tert-OH is 1. The van der Waals surface area contributed by atoms with Gasteiger partial charge < -0.3 is 15.7 Å². The van der Waals surface area contributed by atoms with Gasteiger partial charge in [-0.2, -0.15) is 0 Å². The van der Waals surface area contributed by atoms with Crippen molar-refractivity contribution in [1.29, 1.82) is 0 Å². The van der Waals surface area contributed by atoms with E-state index in [4.69, 9.17) is 0 Å². The zero-order valence-electron chi connectivity index (χ0n) is 11.9. The van der Waals surface area contributed by atoms with Crippen molar-refractivity contribution in [3.63, 3.8) is 0 Å². The number of aliphatic hydroxyl groups is 1. The predicted molar refractivity (Wildman–Crippen MR) is 77.5 cm³/mol. The molecule has 0 amide bonds. The quantitative estimate of drug-likeness (QED) is 0.761. The Morgan fingerprint density at radius 1 is 1.21 bits per heavy atom. The van der Waals surface area contributed by atoms with Crippen molar-refractivity contribution in [3.8, 4) is 0 Å². The number of rotatable bonds is 5. The molecule has 0 bridgehead atoms. The van der Waals surface area contributed by atoms with Crippen LogP contribution in [-0.4, -0.2) is 33.8 Å². The van der Waals surface area contributed by atoms with Crippen LogP contribution >= 0.6 is 0 Å². The van der Waals surface area contributed by atoms with Gasteiger partial charge in [-0.15, -0.1) is 0 Å². The Bertz CT molecular complexity index is 416. The van der Waals surface area contributed by atoms with Crippen molar-refractivity contribution >= 4 is 11.6 Å². The summed E-state index contributed by atoms with van der Waals surface area (Å²) in [5.41, 5.74) is 0.809. The molecule has 0 atom stereocenters. The van der Waals surface area contributed by atoms with E-state index in [2.05, 4.69) is 20.6 Å². The summed E-state index contributed by atoms with van der Waals surface area (Å²) in [5, 5.41) is 16.4. The van der Waals surface area contributed by atoms with Crippen LogP contribution in [0, 0.1) is 6.92 Å². The van der Waals surface area contributed by atoms with Gasteiger partial charge in [0.15, 0.2) is 0 Å². The van der Waals surface area contributed by atoms with Crippen molar-refractivity contribution in [1.82, 2.24) is 9.97 Å². The molecule has 1 heterocycles. The lowest BCUT2D eigenvalue weighted by Gasteiger charge is -2.37. The fraction of sp³-hybridized carbons (Fsp3) is 0.714. The molecule has 0 aliphatic heterocycles. The summed E-state index contributed by atoms with van der Waals surface area (Å²) in [5.74, 6) is 1.70. The third-order valence-corrected chi connectivity index (χ3v) is 3.93. The Kier molecular flexibility index (Phi) is 4.58. The SMILES string of the molecule is CCNc1ncnc(NC2(CO)CCCCC2)c1C. The van der Waals surface area contributed by atoms with Crippen molar-refractivity contribution in [3.05, 3.63) is 11.9 Å². The third-order valence-electron chi connectivity index (χ3n) is 3.93. The highest BCUT2D eigenvalue weighted by atomic mass is 16.3. The molecule has 106 valence electrons. The summed E-state index contributed by atoms with van der Waals surface area (Å²) in [4.78, 5) is 8.58. The van der Waals surface area contributed by atoms with Gasteiger partial charge in [-0.25, -0.2) is 9.97 Å². The fourth-order valence-electron chi connectivity index (χ4n) is 2.72. The lowest BCUT2D eigenvalue weighted by atomic mass is 9.82. The fourth-order valence-corrected chi connectivity index (χ4v) is 2.72. The number of anilines is 2. The number of aromatic nitrogens is 2. The molecular weight excluding hydrogens is 240 g/mol. The van der Waals surface area contributed by atoms with E-state index in [0.29, 0.717) is 0 Å². The molecule has 0 radical (unpaired) electrons. The largest absolute Gasteiger partial charge is 0.394 e. The monoisotopic (exact) mass is 264 g/mol. The Balaban J connectivity index is 2.19. The van der Waals surface area contributed by atoms with Crippen LogP contribution in [-0.2, 0) is 0 Å². The minimum atomic E-state index is -0.207. The summed E-state index contributed by atoms with van der Waals surface area (Å²) in [6, 6.07) is 0. The molecule has 2 rings (SSSR count). The Morgan fingerprint density at radius 3 is 2.53 bits per heavy atom. The van der Waals surface area contributed by atoms with Crippen LogP contribution in [0.25, 0.3) is 0 Å². The van der Waals surface area contributed by atoms with E-state index < -0.39 is 0 Å². The summed E-state index contributed by atoms with van der Waals surface area (Å²) in [6.45, 7) is 5.05. The molecule has 1 saturated carbocycles. The van der Waals surface area contributed by atoms with E-state index in [9.17, 15) is 5.11 Å². The van der Waals surface area contributed by atoms with Gasteiger partial charge in [-0.05, 0) is 26.7 Å². The van der Waals surface area contributed by atoms with Gasteiger partial charge in [-0.3, -0.25) is 0 Å². The summed E-state index contributed by atoms with van der Waals surface area (Å²) >= 11 is 0. The molecule has 0 unspecified atom stereocenters. The first kappa shape index (κ1) is 14.1. The van der Waals surface area contributed by atoms with Crippen LogP contribution in [0.4, 0.5) is 11.6 Å². The van der Waals surface area contributed by atoms with Crippen LogP contribution < -0.4 is 10.6 Å². The van der Waals surface area contributed by atoms with Crippen molar-refractivity contribution < 1.29 is 5.11 Å². The molecule has 0 spiro atoms. The molecule has 0 saturated heterocycles. The molecule has 1 aromatic heterocycles. The third kappa shape index (κ3) is 3.15. The number of nitrogens with one attached hydrogen (secondary N) is 2. The lowest BCUT2D eigenvalue weighted by molar-refractivity contribution is 0.172. The average Bonchev–Trinajstić information content (AvgIpc) is 2.45. The van der Waals surface area contributed by atoms with E-state index in [1.165, 1.54) is 6.42 Å². The second-order valence-corrected chi connectivity index (χ2v) is 5.35. The highest BCUT2D eigenvalue weighted by Gasteiger charge is 2.32. The van der Waals surface area contributed by atoms with Crippen molar-refractivity contribution in [2.45, 2.75) is 51.5 Å². The Hall–Kier alpha value is -1.36. The molecular formula is C14H24N4O. The smallest absolute Gasteiger partial charge is 0.134 e. The van der Waals surface area contributed by atoms with E-state index in [-0.39, 0.29) is 12.1 Å². The van der Waals surface area contributed by atoms with Crippen LogP contribution in [0.1, 0.15) is 44.6 Å². The van der Waals surface area contributed by atoms with E-state index in [1.807, 2.05) is 13.8 Å². The minimum Gasteiger partial charge on any atom is -0.394 e. The lowest BCUT2D eigenvalue weighted by Crippen LogP contribution is -2.44. The molecule has 3 N–H and O–H groups in total. The minimum absolute atomic E-state index is 0.160. The highest BCUT2D eigenvalue weighted by molar-refractivity contribution is 5.57. The van der Waals surface area contributed by atoms with Gasteiger partial charge in [0.1, 0.15) is 18.0 Å². The first-order chi connectivity index (χ1) is 9.21. The standard InChI is InChI=1S/C14H24N4O/c1-3-15-12-11(2)13(17-10-16-12)18-14(9-19)7-5-4-6-8-14/h10,19H,3-9H2,1-2H3,(H2,15,16,17,18). The first-order valence-corrected chi connectivity index (χ1v) is 7.15. The molecule has 5 nitrogen and oxygen atoms in total. The summed E-state index contributed by atoms with van der Waals surface area (Å²) in [7, 11) is 0. The number of hydrogen-bond acceptors (Lipinski definition) is 5. The topological polar surface area (TPSA) is 70.1 Å². The van der Waals surface area contributed by atoms with Gasteiger partial charge in [0.05, 0.1) is 12.1 Å². The summed E-state index contributed by atoms with van der Waals surface area (Å²) < 4.78 is 0. The average molecular weight is 264 g/mol. The second kappa shape index (κ2) is 6.19. The molecule has 0 aromatic carbocycles. The van der Waals surface area contributed by atoms with Gasteiger partial charge in [0.25, 0.3) is 0 Å². The molecule has 1 aliphatic carbocycles. The normalized spacial score (nSPS) is 18.1. The van der Waals surface area contributed by atoms with Crippen molar-refractivity contribution in [2.75, 3.05) is 23.8 Å². The zero-order valence-corrected chi connectivity index (χ0v) is 11.9. The summed E-state index contributed by atoms with van der Waals surface area (Å²) in [6.07, 6.45) is 7.17. The maximum Gasteiger partial charge on any atom is 0.134 e. The van der Waals surface area contributed by atoms with Crippen LogP contribution in [0.2, 0.25) is 0 Å². The molecule has 1 fully saturated rings. The predicted octanol–water partition coefficient (Wildman–Crippen LogP) is 2.32. The first-order valence-electron chi connectivity index (χ1n) is 7.15. The van der Waals surface area contributed by atoms with Gasteiger partial charge in [0, 0.05) is 12.1 Å². The number of nitrogens with zero attached hydrogens (tertiary/aromatic N) is 2. The van der Waals surface area contributed by atoms with Gasteiger partial charge >= 0.3 is 0 Å². The molecule has 1 aliphatic rings. The highest BCUT2D eigenvalue weighted by Crippen LogP contribution is 2.32. The second-order valence-electron chi connectivity index (χ2n) is 5.35. The van der Waals surface area contributed by atoms with Crippen LogP contribution in [0.15, 0.2) is 6.33 Å². The van der Waals surface area contributed by atoms with E-state index >= 15 is 0 Å². The maximum absolute atomic E-state index is 9.74. The molecule has 5 heteroatoms. The van der Waals surface area contributed by atoms with Gasteiger partial charge in [0.2, 0.25) is 0 Å². The maximum atomic E-state index is 9.74. The molecule has 1 aromatic rings. The molecule has 19 heavy (non-hydrogen) atoms. The van der Waals surface area contributed by atoms with Crippen molar-refractivity contribution in [2.24, 2.45) is 0 Å².